The molecule has 19 heavy (non-hydrogen) atoms. The van der Waals surface area contributed by atoms with E-state index in [1.807, 2.05) is 0 Å². The Bertz CT molecular complexity index is 583. The number of fused-ring (bicyclic) bond motifs is 1. The van der Waals surface area contributed by atoms with E-state index in [0.29, 0.717) is 24.7 Å². The van der Waals surface area contributed by atoms with E-state index < -0.39 is 16.0 Å². The molecular formula is C11H12NO6S-. The molecule has 0 radical (unpaired) electrons. The van der Waals surface area contributed by atoms with Crippen LogP contribution in [0.15, 0.2) is 23.1 Å². The van der Waals surface area contributed by atoms with Crippen LogP contribution >= 0.6 is 0 Å². The lowest BCUT2D eigenvalue weighted by Crippen LogP contribution is -2.31. The summed E-state index contributed by atoms with van der Waals surface area (Å²) in [6, 6.07) is 4.21. The van der Waals surface area contributed by atoms with Gasteiger partial charge in [0.25, 0.3) is 0 Å². The Labute approximate surface area is 110 Å². The van der Waals surface area contributed by atoms with E-state index in [1.165, 1.54) is 18.2 Å². The van der Waals surface area contributed by atoms with E-state index in [0.717, 1.165) is 0 Å². The minimum absolute atomic E-state index is 0.00454. The molecule has 7 nitrogen and oxygen atoms in total. The average Bonchev–Trinajstić information content (AvgIpc) is 2.37. The van der Waals surface area contributed by atoms with Crippen molar-refractivity contribution in [3.63, 3.8) is 0 Å². The summed E-state index contributed by atoms with van der Waals surface area (Å²) in [5.74, 6) is -0.473. The average molecular weight is 286 g/mol. The molecule has 0 aromatic heterocycles. The third-order valence-electron chi connectivity index (χ3n) is 2.45. The molecule has 0 bridgehead atoms. The van der Waals surface area contributed by atoms with Gasteiger partial charge in [-0.05, 0) is 12.1 Å². The molecule has 1 aromatic rings. The summed E-state index contributed by atoms with van der Waals surface area (Å²) in [5.41, 5.74) is 0. The number of aliphatic carboxylic acids is 1. The number of ether oxygens (including phenoxy) is 2. The Morgan fingerprint density at radius 3 is 2.63 bits per heavy atom. The molecule has 1 aromatic carbocycles. The number of carbonyl (C=O) groups is 1. The molecule has 0 atom stereocenters. The third kappa shape index (κ3) is 3.36. The molecule has 0 amide bonds. The molecule has 0 unspecified atom stereocenters. The Morgan fingerprint density at radius 2 is 1.95 bits per heavy atom. The van der Waals surface area contributed by atoms with Crippen molar-refractivity contribution in [3.8, 4) is 11.5 Å². The highest BCUT2D eigenvalue weighted by molar-refractivity contribution is 7.89. The standard InChI is InChI=1S/C11H13NO6S/c13-11(14)3-4-12-19(15,16)8-1-2-9-10(7-8)18-6-5-17-9/h1-2,7,12H,3-6H2,(H,13,14)/p-1. The second kappa shape index (κ2) is 5.45. The number of nitrogens with one attached hydrogen (secondary N) is 1. The minimum Gasteiger partial charge on any atom is -0.550 e. The van der Waals surface area contributed by atoms with Crippen molar-refractivity contribution in [2.45, 2.75) is 11.3 Å². The van der Waals surface area contributed by atoms with E-state index in [1.54, 1.807) is 0 Å². The van der Waals surface area contributed by atoms with Crippen LogP contribution in [0.1, 0.15) is 6.42 Å². The van der Waals surface area contributed by atoms with Gasteiger partial charge in [-0.25, -0.2) is 13.1 Å². The van der Waals surface area contributed by atoms with Crippen LogP contribution in [0.25, 0.3) is 0 Å². The van der Waals surface area contributed by atoms with Crippen LogP contribution in [0.3, 0.4) is 0 Å². The number of carboxylic acid groups (broad SMARTS) is 1. The number of benzene rings is 1. The van der Waals surface area contributed by atoms with Crippen LogP contribution in [0.2, 0.25) is 0 Å². The largest absolute Gasteiger partial charge is 0.550 e. The molecule has 0 fully saturated rings. The lowest BCUT2D eigenvalue weighted by Gasteiger charge is -2.18. The first-order valence-electron chi connectivity index (χ1n) is 5.58. The molecule has 104 valence electrons. The molecule has 1 aliphatic rings. The predicted octanol–water partition coefficient (Wildman–Crippen LogP) is -1.12. The van der Waals surface area contributed by atoms with E-state index in [2.05, 4.69) is 4.72 Å². The van der Waals surface area contributed by atoms with Gasteiger partial charge in [0, 0.05) is 25.0 Å². The summed E-state index contributed by atoms with van der Waals surface area (Å²) >= 11 is 0. The van der Waals surface area contributed by atoms with Gasteiger partial charge in [0.05, 0.1) is 4.90 Å². The normalized spacial score (nSPS) is 14.1. The van der Waals surface area contributed by atoms with Crippen LogP contribution in [-0.2, 0) is 14.8 Å². The van der Waals surface area contributed by atoms with Crippen molar-refractivity contribution in [2.24, 2.45) is 0 Å². The summed E-state index contributed by atoms with van der Waals surface area (Å²) in [5, 5.41) is 10.2. The summed E-state index contributed by atoms with van der Waals surface area (Å²) in [4.78, 5) is 10.2. The zero-order chi connectivity index (χ0) is 13.9. The van der Waals surface area contributed by atoms with E-state index in [4.69, 9.17) is 9.47 Å². The van der Waals surface area contributed by atoms with Crippen LogP contribution in [0, 0.1) is 0 Å². The number of sulfonamides is 1. The lowest BCUT2D eigenvalue weighted by molar-refractivity contribution is -0.305. The van der Waals surface area contributed by atoms with Crippen molar-refractivity contribution < 1.29 is 27.8 Å². The molecular weight excluding hydrogens is 274 g/mol. The molecule has 0 saturated heterocycles. The second-order valence-corrected chi connectivity index (χ2v) is 5.59. The minimum atomic E-state index is -3.77. The number of hydrogen-bond donors (Lipinski definition) is 1. The Morgan fingerprint density at radius 1 is 1.26 bits per heavy atom. The topological polar surface area (TPSA) is 105 Å². The fraction of sp³-hybridized carbons (Fsp3) is 0.364. The van der Waals surface area contributed by atoms with Gasteiger partial charge in [0.2, 0.25) is 10.0 Å². The zero-order valence-corrected chi connectivity index (χ0v) is 10.7. The fourth-order valence-corrected chi connectivity index (χ4v) is 2.61. The zero-order valence-electron chi connectivity index (χ0n) is 9.92. The van der Waals surface area contributed by atoms with Crippen LogP contribution in [0.5, 0.6) is 11.5 Å². The first-order chi connectivity index (χ1) is 8.99. The highest BCUT2D eigenvalue weighted by atomic mass is 32.2. The summed E-state index contributed by atoms with van der Waals surface area (Å²) in [7, 11) is -3.77. The van der Waals surface area contributed by atoms with Gasteiger partial charge in [-0.1, -0.05) is 0 Å². The van der Waals surface area contributed by atoms with Crippen LogP contribution < -0.4 is 19.3 Å². The highest BCUT2D eigenvalue weighted by Crippen LogP contribution is 2.32. The smallest absolute Gasteiger partial charge is 0.240 e. The Kier molecular flexibility index (Phi) is 3.91. The van der Waals surface area contributed by atoms with Crippen molar-refractivity contribution in [2.75, 3.05) is 19.8 Å². The molecule has 1 N–H and O–H groups in total. The SMILES string of the molecule is O=C([O-])CCNS(=O)(=O)c1ccc2c(c1)OCCO2. The monoisotopic (exact) mass is 286 g/mol. The number of carbonyl (C=O) groups excluding carboxylic acids is 1. The van der Waals surface area contributed by atoms with Gasteiger partial charge in [-0.2, -0.15) is 0 Å². The fourth-order valence-electron chi connectivity index (χ4n) is 1.56. The quantitative estimate of drug-likeness (QED) is 0.735. The highest BCUT2D eigenvalue weighted by Gasteiger charge is 2.18. The van der Waals surface area contributed by atoms with Gasteiger partial charge in [-0.3, -0.25) is 0 Å². The van der Waals surface area contributed by atoms with E-state index >= 15 is 0 Å². The summed E-state index contributed by atoms with van der Waals surface area (Å²) < 4.78 is 36.5. The molecule has 1 heterocycles. The van der Waals surface area contributed by atoms with Gasteiger partial charge in [0.1, 0.15) is 13.2 Å². The summed E-state index contributed by atoms with van der Waals surface area (Å²) in [6.07, 6.45) is -0.385. The van der Waals surface area contributed by atoms with Gasteiger partial charge >= 0.3 is 0 Å². The van der Waals surface area contributed by atoms with Crippen LogP contribution in [0.4, 0.5) is 0 Å². The Hall–Kier alpha value is -1.80. The second-order valence-electron chi connectivity index (χ2n) is 3.83. The van der Waals surface area contributed by atoms with Crippen molar-refractivity contribution in [3.05, 3.63) is 18.2 Å². The van der Waals surface area contributed by atoms with Crippen molar-refractivity contribution >= 4 is 16.0 Å². The Balaban J connectivity index is 2.14. The van der Waals surface area contributed by atoms with E-state index in [9.17, 15) is 18.3 Å². The third-order valence-corrected chi connectivity index (χ3v) is 3.90. The van der Waals surface area contributed by atoms with Gasteiger partial charge in [0.15, 0.2) is 11.5 Å². The first-order valence-corrected chi connectivity index (χ1v) is 7.06. The van der Waals surface area contributed by atoms with Gasteiger partial charge < -0.3 is 19.4 Å². The molecule has 0 aliphatic carbocycles. The molecule has 2 rings (SSSR count). The first kappa shape index (κ1) is 13.6. The molecule has 0 saturated carbocycles. The molecule has 0 spiro atoms. The number of hydrogen-bond acceptors (Lipinski definition) is 6. The molecule has 1 aliphatic heterocycles. The number of carboxylic acids is 1. The maximum atomic E-state index is 11.9. The maximum Gasteiger partial charge on any atom is 0.240 e. The van der Waals surface area contributed by atoms with E-state index in [-0.39, 0.29) is 17.9 Å². The molecule has 8 heteroatoms. The van der Waals surface area contributed by atoms with Gasteiger partial charge in [-0.15, -0.1) is 0 Å². The lowest BCUT2D eigenvalue weighted by atomic mass is 10.3. The van der Waals surface area contributed by atoms with Crippen molar-refractivity contribution in [1.29, 1.82) is 0 Å². The number of rotatable bonds is 5. The summed E-state index contributed by atoms with van der Waals surface area (Å²) in [6.45, 7) is 0.552. The predicted molar refractivity (Wildman–Crippen MR) is 62.2 cm³/mol. The maximum absolute atomic E-state index is 11.9. The van der Waals surface area contributed by atoms with Crippen molar-refractivity contribution in [1.82, 2.24) is 4.72 Å². The van der Waals surface area contributed by atoms with Crippen LogP contribution in [-0.4, -0.2) is 34.1 Å².